The van der Waals surface area contributed by atoms with Crippen LogP contribution in [0.15, 0.2) is 65.9 Å². The number of nitro benzene ring substituents is 1. The van der Waals surface area contributed by atoms with Gasteiger partial charge in [-0.3, -0.25) is 19.9 Å². The Kier molecular flexibility index (Phi) is 6.87. The van der Waals surface area contributed by atoms with Crippen molar-refractivity contribution in [3.63, 3.8) is 0 Å². The fraction of sp³-hybridized carbons (Fsp3) is 0.174. The highest BCUT2D eigenvalue weighted by molar-refractivity contribution is 6.34. The molecule has 1 aromatic heterocycles. The molecule has 0 saturated carbocycles. The number of halogens is 5. The number of oxime groups is 1. The fourth-order valence-corrected chi connectivity index (χ4v) is 4.19. The second-order valence-corrected chi connectivity index (χ2v) is 8.65. The number of alkyl halides is 3. The number of nitrogens with one attached hydrogen (secondary N) is 1. The van der Waals surface area contributed by atoms with Gasteiger partial charge in [0.25, 0.3) is 17.2 Å². The Labute approximate surface area is 211 Å². The molecular weight excluding hydrogens is 524 g/mol. The highest BCUT2D eigenvalue weighted by atomic mass is 35.5. The van der Waals surface area contributed by atoms with E-state index in [4.69, 9.17) is 28.0 Å². The van der Waals surface area contributed by atoms with Gasteiger partial charge in [-0.15, -0.1) is 0 Å². The van der Waals surface area contributed by atoms with Gasteiger partial charge in [0.05, 0.1) is 22.9 Å². The number of rotatable bonds is 6. The monoisotopic (exact) mass is 538 g/mol. The van der Waals surface area contributed by atoms with E-state index >= 15 is 0 Å². The van der Waals surface area contributed by atoms with Gasteiger partial charge in [-0.25, -0.2) is 0 Å². The van der Waals surface area contributed by atoms with Crippen LogP contribution in [0.3, 0.4) is 0 Å². The van der Waals surface area contributed by atoms with E-state index in [1.54, 1.807) is 18.2 Å². The summed E-state index contributed by atoms with van der Waals surface area (Å²) in [6.07, 6.45) is -4.19. The van der Waals surface area contributed by atoms with E-state index in [-0.39, 0.29) is 39.0 Å². The normalized spacial score (nSPS) is 17.3. The molecule has 8 nitrogen and oxygen atoms in total. The van der Waals surface area contributed by atoms with Crippen LogP contribution in [0.1, 0.15) is 33.6 Å². The van der Waals surface area contributed by atoms with Crippen molar-refractivity contribution in [1.82, 2.24) is 10.3 Å². The summed E-state index contributed by atoms with van der Waals surface area (Å²) in [6, 6.07) is 11.9. The molecule has 1 atom stereocenters. The molecule has 0 aliphatic carbocycles. The van der Waals surface area contributed by atoms with Gasteiger partial charge in [-0.2, -0.15) is 13.2 Å². The van der Waals surface area contributed by atoms with Crippen molar-refractivity contribution < 1.29 is 27.7 Å². The van der Waals surface area contributed by atoms with Crippen molar-refractivity contribution in [2.45, 2.75) is 24.7 Å². The lowest BCUT2D eigenvalue weighted by atomic mass is 9.86. The van der Waals surface area contributed by atoms with Gasteiger partial charge in [-0.1, -0.05) is 40.5 Å². The first-order chi connectivity index (χ1) is 17.0. The predicted octanol–water partition coefficient (Wildman–Crippen LogP) is 5.81. The first-order valence-corrected chi connectivity index (χ1v) is 11.0. The van der Waals surface area contributed by atoms with Gasteiger partial charge in [0.2, 0.25) is 0 Å². The van der Waals surface area contributed by atoms with Crippen molar-refractivity contribution in [3.05, 3.63) is 103 Å². The van der Waals surface area contributed by atoms with Crippen LogP contribution in [0, 0.1) is 10.1 Å². The maximum atomic E-state index is 14.2. The Bertz CT molecular complexity index is 1350. The maximum Gasteiger partial charge on any atom is 0.435 e. The molecule has 1 amide bonds. The van der Waals surface area contributed by atoms with Crippen molar-refractivity contribution in [3.8, 4) is 0 Å². The van der Waals surface area contributed by atoms with Crippen LogP contribution in [0.4, 0.5) is 18.9 Å². The molecule has 3 aromatic rings. The molecule has 1 N–H and O–H groups in total. The molecule has 1 aliphatic rings. The van der Waals surface area contributed by atoms with E-state index in [1.807, 2.05) is 0 Å². The molecule has 0 spiro atoms. The van der Waals surface area contributed by atoms with E-state index < -0.39 is 34.7 Å². The molecule has 0 bridgehead atoms. The molecule has 2 heterocycles. The van der Waals surface area contributed by atoms with Crippen LogP contribution in [0.2, 0.25) is 10.0 Å². The van der Waals surface area contributed by atoms with Crippen LogP contribution >= 0.6 is 23.2 Å². The average molecular weight is 539 g/mol. The van der Waals surface area contributed by atoms with E-state index in [0.717, 1.165) is 24.3 Å². The van der Waals surface area contributed by atoms with Gasteiger partial charge in [-0.05, 0) is 36.4 Å². The molecule has 13 heteroatoms. The maximum absolute atomic E-state index is 14.2. The van der Waals surface area contributed by atoms with Crippen LogP contribution in [-0.4, -0.2) is 27.7 Å². The van der Waals surface area contributed by atoms with Crippen molar-refractivity contribution in [2.75, 3.05) is 0 Å². The zero-order chi connectivity index (χ0) is 26.1. The lowest BCUT2D eigenvalue weighted by molar-refractivity contribution is -0.385. The van der Waals surface area contributed by atoms with Crippen LogP contribution in [0.5, 0.6) is 0 Å². The number of hydrogen-bond donors (Lipinski definition) is 1. The zero-order valence-electron chi connectivity index (χ0n) is 18.1. The molecule has 36 heavy (non-hydrogen) atoms. The standard InChI is InChI=1S/C23H15Cl2F3N4O4/c24-15-8-14(9-16(25)10-15)22(23(26,27)28)11-19(31-36-22)13-4-5-18(20(7-13)32(34)35)21(33)30-12-17-3-1-2-6-29-17/h1-10H,11-12H2,(H,30,33). The summed E-state index contributed by atoms with van der Waals surface area (Å²) in [4.78, 5) is 32.4. The number of pyridine rings is 1. The van der Waals surface area contributed by atoms with Gasteiger partial charge in [0.1, 0.15) is 5.56 Å². The summed E-state index contributed by atoms with van der Waals surface area (Å²) in [6.45, 7) is 0.0232. The quantitative estimate of drug-likeness (QED) is 0.315. The third kappa shape index (κ3) is 4.98. The molecule has 1 aliphatic heterocycles. The molecule has 2 aromatic carbocycles. The minimum atomic E-state index is -4.93. The number of hydrogen-bond acceptors (Lipinski definition) is 6. The SMILES string of the molecule is O=C(NCc1ccccn1)c1ccc(C2=NOC(c3cc(Cl)cc(Cl)c3)(C(F)(F)F)C2)cc1[N+](=O)[O-]. The second-order valence-electron chi connectivity index (χ2n) is 7.78. The van der Waals surface area contributed by atoms with Crippen molar-refractivity contribution in [1.29, 1.82) is 0 Å². The van der Waals surface area contributed by atoms with Crippen molar-refractivity contribution >= 4 is 40.5 Å². The molecule has 0 saturated heterocycles. The molecule has 0 fully saturated rings. The Morgan fingerprint density at radius 2 is 1.86 bits per heavy atom. The Balaban J connectivity index is 1.63. The summed E-state index contributed by atoms with van der Waals surface area (Å²) in [5.41, 5.74) is -3.83. The minimum absolute atomic E-state index is 0.0118. The van der Waals surface area contributed by atoms with Crippen LogP contribution < -0.4 is 5.32 Å². The number of carbonyl (C=O) groups is 1. The lowest BCUT2D eigenvalue weighted by Gasteiger charge is -2.29. The average Bonchev–Trinajstić information content (AvgIpc) is 3.29. The van der Waals surface area contributed by atoms with E-state index in [9.17, 15) is 28.1 Å². The summed E-state index contributed by atoms with van der Waals surface area (Å²) in [5.74, 6) is -0.748. The first kappa shape index (κ1) is 25.4. The first-order valence-electron chi connectivity index (χ1n) is 10.3. The lowest BCUT2D eigenvalue weighted by Crippen LogP contribution is -2.42. The zero-order valence-corrected chi connectivity index (χ0v) is 19.6. The van der Waals surface area contributed by atoms with Crippen LogP contribution in [0.25, 0.3) is 0 Å². The number of amides is 1. The third-order valence-electron chi connectivity index (χ3n) is 5.44. The minimum Gasteiger partial charge on any atom is -0.374 e. The van der Waals surface area contributed by atoms with E-state index in [2.05, 4.69) is 15.5 Å². The summed E-state index contributed by atoms with van der Waals surface area (Å²) < 4.78 is 42.6. The van der Waals surface area contributed by atoms with Gasteiger partial charge in [0, 0.05) is 39.9 Å². The summed E-state index contributed by atoms with van der Waals surface area (Å²) in [7, 11) is 0. The Hall–Kier alpha value is -3.70. The molecule has 1 unspecified atom stereocenters. The number of benzene rings is 2. The third-order valence-corrected chi connectivity index (χ3v) is 5.88. The second kappa shape index (κ2) is 9.75. The van der Waals surface area contributed by atoms with Gasteiger partial charge < -0.3 is 10.2 Å². The molecule has 186 valence electrons. The predicted molar refractivity (Wildman–Crippen MR) is 125 cm³/mol. The number of aromatic nitrogens is 1. The van der Waals surface area contributed by atoms with Gasteiger partial charge in [0.15, 0.2) is 0 Å². The molecule has 0 radical (unpaired) electrons. The van der Waals surface area contributed by atoms with Crippen molar-refractivity contribution in [2.24, 2.45) is 5.16 Å². The highest BCUT2D eigenvalue weighted by Gasteiger charge is 2.62. The molecular formula is C23H15Cl2F3N4O4. The summed E-state index contributed by atoms with van der Waals surface area (Å²) >= 11 is 11.8. The topological polar surface area (TPSA) is 107 Å². The highest BCUT2D eigenvalue weighted by Crippen LogP contribution is 2.49. The van der Waals surface area contributed by atoms with E-state index in [1.165, 1.54) is 18.3 Å². The van der Waals surface area contributed by atoms with Crippen LogP contribution in [-0.2, 0) is 17.0 Å². The summed E-state index contributed by atoms with van der Waals surface area (Å²) in [5, 5.41) is 17.7. The molecule has 4 rings (SSSR count). The Morgan fingerprint density at radius 1 is 1.14 bits per heavy atom. The largest absolute Gasteiger partial charge is 0.435 e. The Morgan fingerprint density at radius 3 is 2.47 bits per heavy atom. The van der Waals surface area contributed by atoms with Gasteiger partial charge >= 0.3 is 6.18 Å². The smallest absolute Gasteiger partial charge is 0.374 e. The van der Waals surface area contributed by atoms with E-state index in [0.29, 0.717) is 5.69 Å². The fourth-order valence-electron chi connectivity index (χ4n) is 3.67. The number of nitro groups is 1. The number of carbonyl (C=O) groups excluding carboxylic acids is 1. The number of nitrogens with zero attached hydrogens (tertiary/aromatic N) is 3.